The lowest BCUT2D eigenvalue weighted by atomic mass is 9.99. The Labute approximate surface area is 601 Å². The molecule has 0 unspecified atom stereocenters. The van der Waals surface area contributed by atoms with Crippen molar-refractivity contribution in [3.8, 4) is 84.9 Å². The van der Waals surface area contributed by atoms with E-state index >= 15 is 0 Å². The molecule has 21 aromatic rings. The molecule has 13 heteroatoms. The van der Waals surface area contributed by atoms with Gasteiger partial charge in [0.15, 0.2) is 28.9 Å². The lowest BCUT2D eigenvalue weighted by Gasteiger charge is -2.11. The predicted octanol–water partition coefficient (Wildman–Crippen LogP) is 24.0. The number of aromatic nitrogens is 7. The molecule has 0 fully saturated rings. The van der Waals surface area contributed by atoms with Gasteiger partial charge in [-0.1, -0.05) is 249 Å². The third kappa shape index (κ3) is 10.4. The fraction of sp³-hybridized carbons (Fsp3) is 0.0110. The summed E-state index contributed by atoms with van der Waals surface area (Å²) in [5.74, 6) is 2.68. The Balaban J connectivity index is 0.000000119. The zero-order valence-corrected chi connectivity index (χ0v) is 56.2. The van der Waals surface area contributed by atoms with E-state index in [1.54, 1.807) is 0 Å². The molecule has 0 atom stereocenters. The van der Waals surface area contributed by atoms with E-state index in [-0.39, 0.29) is 13.7 Å². The Morgan fingerprint density at radius 1 is 0.279 bits per heavy atom. The summed E-state index contributed by atoms with van der Waals surface area (Å²) in [4.78, 5) is 28.7. The van der Waals surface area contributed by atoms with E-state index in [0.29, 0.717) is 29.2 Å². The third-order valence-electron chi connectivity index (χ3n) is 19.7. The van der Waals surface area contributed by atoms with Gasteiger partial charge in [-0.05, 0) is 117 Å². The van der Waals surface area contributed by atoms with Gasteiger partial charge in [-0.15, -0.1) is 0 Å². The molecule has 7 aromatic heterocycles. The maximum absolute atomic E-state index is 6.60. The molecule has 22 rings (SSSR count). The highest BCUT2D eigenvalue weighted by atomic mass is 35.5. The highest BCUT2D eigenvalue weighted by molar-refractivity contribution is 6.28. The third-order valence-corrected chi connectivity index (χ3v) is 19.8. The predicted molar refractivity (Wildman–Crippen MR) is 421 cm³/mol. The topological polar surface area (TPSA) is 135 Å². The Morgan fingerprint density at radius 3 is 1.29 bits per heavy atom. The molecule has 11 nitrogen and oxygen atoms in total. The van der Waals surface area contributed by atoms with Crippen molar-refractivity contribution in [3.63, 3.8) is 0 Å². The molecule has 1 aliphatic rings. The zero-order valence-electron chi connectivity index (χ0n) is 55.4. The van der Waals surface area contributed by atoms with Crippen LogP contribution in [0.15, 0.2) is 333 Å². The van der Waals surface area contributed by atoms with Crippen molar-refractivity contribution in [2.75, 3.05) is 0 Å². The van der Waals surface area contributed by atoms with Crippen molar-refractivity contribution in [2.24, 2.45) is 0 Å². The lowest BCUT2D eigenvalue weighted by molar-refractivity contribution is 0.665. The molecule has 0 saturated heterocycles. The van der Waals surface area contributed by atoms with Crippen molar-refractivity contribution in [2.45, 2.75) is 6.42 Å². The van der Waals surface area contributed by atoms with Crippen molar-refractivity contribution < 1.29 is 17.7 Å². The lowest BCUT2D eigenvalue weighted by Crippen LogP contribution is -2.06. The van der Waals surface area contributed by atoms with Crippen LogP contribution in [0.1, 0.15) is 11.1 Å². The van der Waals surface area contributed by atoms with Crippen molar-refractivity contribution >= 4 is 130 Å². The van der Waals surface area contributed by atoms with E-state index in [1.165, 1.54) is 33.0 Å². The fourth-order valence-corrected chi connectivity index (χ4v) is 15.2. The Kier molecular flexibility index (Phi) is 14.9. The second-order valence-electron chi connectivity index (χ2n) is 25.7. The Hall–Kier alpha value is -13.5. The van der Waals surface area contributed by atoms with Crippen LogP contribution in [0.2, 0.25) is 5.28 Å². The summed E-state index contributed by atoms with van der Waals surface area (Å²) in [7, 11) is 0. The Morgan fingerprint density at radius 2 is 0.702 bits per heavy atom. The van der Waals surface area contributed by atoms with Crippen LogP contribution in [0.4, 0.5) is 0 Å². The molecule has 14 aromatic carbocycles. The molecule has 104 heavy (non-hydrogen) atoms. The monoisotopic (exact) mass is 1350 g/mol. The molecule has 0 aliphatic heterocycles. The van der Waals surface area contributed by atoms with Gasteiger partial charge in [0.05, 0.1) is 5.52 Å². The molecule has 1 aliphatic carbocycles. The van der Waals surface area contributed by atoms with E-state index < -0.39 is 0 Å². The first-order chi connectivity index (χ1) is 51.0. The second-order valence-corrected chi connectivity index (χ2v) is 26.0. The molecular formula is C91H54BClN7O4-. The number of benzene rings is 14. The number of nitrogens with zero attached hydrogens (tertiary/aromatic N) is 7. The number of furan rings is 4. The number of halogens is 1. The van der Waals surface area contributed by atoms with Crippen LogP contribution in [0.3, 0.4) is 0 Å². The summed E-state index contributed by atoms with van der Waals surface area (Å²) in [5.41, 5.74) is 22.2. The summed E-state index contributed by atoms with van der Waals surface area (Å²) >= 11 is 6.24. The number of fused-ring (bicyclic) bond motifs is 20. The van der Waals surface area contributed by atoms with Gasteiger partial charge in [-0.3, -0.25) is 4.57 Å². The minimum absolute atomic E-state index is 0. The van der Waals surface area contributed by atoms with Crippen LogP contribution < -0.4 is 0 Å². The molecule has 4 radical (unpaired) electrons. The van der Waals surface area contributed by atoms with E-state index in [1.807, 2.05) is 164 Å². The molecule has 0 saturated carbocycles. The minimum atomic E-state index is 0. The normalized spacial score (nSPS) is 11.8. The van der Waals surface area contributed by atoms with Crippen molar-refractivity contribution in [3.05, 3.63) is 332 Å². The standard InChI is InChI=1S/C45H26N4O2.C27H16ClN3O.C19H12O.B/c1-3-12-27(13-4-1)30-18-11-21-38-40(30)35-23-22-29(26-39(35)50-38)44-46-43(28-14-5-2-6-15-28)47-45(48-44)49-36-19-9-7-16-31(36)33-24-25-34-32-17-8-10-20-37(32)51-42(34)41(33)49;28-27-30-25(18-10-5-2-6-11-18)29-26(31-27)19-14-15-21-23(16-19)32-22-13-7-12-20(24(21)22)17-8-3-1-4-9-17;1-2-6-13-12(5-1)11-17-14(13)9-10-16-15-7-3-4-8-18(15)20-19(16)17;/h1-26H;1-16H;1-10H,11H2;/q;;;-1. The summed E-state index contributed by atoms with van der Waals surface area (Å²) in [6.07, 6.45) is 0.975. The largest absolute Gasteiger partial charge is 1.00 e. The highest BCUT2D eigenvalue weighted by Crippen LogP contribution is 2.46. The Bertz CT molecular complexity index is 6930. The maximum Gasteiger partial charge on any atom is 0.238 e. The van der Waals surface area contributed by atoms with Crippen LogP contribution in [-0.2, 0) is 6.42 Å². The first-order valence-corrected chi connectivity index (χ1v) is 34.5. The van der Waals surface area contributed by atoms with Gasteiger partial charge < -0.3 is 26.1 Å². The zero-order chi connectivity index (χ0) is 68.1. The van der Waals surface area contributed by atoms with Gasteiger partial charge in [0.2, 0.25) is 11.2 Å². The second kappa shape index (κ2) is 25.3. The van der Waals surface area contributed by atoms with E-state index in [9.17, 15) is 0 Å². The summed E-state index contributed by atoms with van der Waals surface area (Å²) < 4.78 is 27.6. The van der Waals surface area contributed by atoms with Crippen LogP contribution in [0.5, 0.6) is 0 Å². The van der Waals surface area contributed by atoms with Crippen molar-refractivity contribution in [1.82, 2.24) is 34.5 Å². The summed E-state index contributed by atoms with van der Waals surface area (Å²) in [5, 5.41) is 11.2. The van der Waals surface area contributed by atoms with Gasteiger partial charge >= 0.3 is 0 Å². The van der Waals surface area contributed by atoms with E-state index in [0.717, 1.165) is 150 Å². The summed E-state index contributed by atoms with van der Waals surface area (Å²) in [6, 6.07) is 107. The number of rotatable bonds is 7. The quantitative estimate of drug-likeness (QED) is 0.142. The van der Waals surface area contributed by atoms with Gasteiger partial charge in [0, 0.05) is 88.1 Å². The molecule has 488 valence electrons. The van der Waals surface area contributed by atoms with Crippen LogP contribution in [0.25, 0.3) is 194 Å². The fourth-order valence-electron chi connectivity index (χ4n) is 15.0. The van der Waals surface area contributed by atoms with Crippen LogP contribution in [-0.4, -0.2) is 42.9 Å². The average molecular weight is 1360 g/mol. The molecule has 0 N–H and O–H groups in total. The van der Waals surface area contributed by atoms with Gasteiger partial charge in [0.1, 0.15) is 44.6 Å². The van der Waals surface area contributed by atoms with Crippen LogP contribution in [0, 0.1) is 0 Å². The highest BCUT2D eigenvalue weighted by Gasteiger charge is 2.26. The molecular weight excluding hydrogens is 1300 g/mol. The van der Waals surface area contributed by atoms with Crippen molar-refractivity contribution in [1.29, 1.82) is 0 Å². The van der Waals surface area contributed by atoms with Gasteiger partial charge in [-0.2, -0.15) is 19.9 Å². The van der Waals surface area contributed by atoms with Gasteiger partial charge in [0.25, 0.3) is 0 Å². The van der Waals surface area contributed by atoms with Crippen LogP contribution >= 0.6 is 11.6 Å². The minimum Gasteiger partial charge on any atom is -1.00 e. The average Bonchev–Trinajstić information content (AvgIpc) is 1.56. The first kappa shape index (κ1) is 61.5. The molecule has 7 heterocycles. The number of para-hydroxylation sites is 3. The SMILES string of the molecule is Clc1nc(-c2ccccc2)nc(-c2ccc3c(c2)oc2cccc(-c4ccccc4)c23)n1.[B-].c1ccc(-c2nc(-c3ccc4c(c3)oc3cccc(-c5ccccc5)c34)nc(-n3c4ccccc4c4ccc5c6ccccc6oc5c43)n2)cc1.c1ccc2c(c1)Cc1c-2ccc2c1oc1ccccc12. The smallest absolute Gasteiger partial charge is 0.238 e. The first-order valence-electron chi connectivity index (χ1n) is 34.1. The van der Waals surface area contributed by atoms with Gasteiger partial charge in [-0.25, -0.2) is 9.97 Å². The molecule has 0 bridgehead atoms. The summed E-state index contributed by atoms with van der Waals surface area (Å²) in [6.45, 7) is 0. The molecule has 0 amide bonds. The van der Waals surface area contributed by atoms with E-state index in [4.69, 9.17) is 44.2 Å². The molecule has 0 spiro atoms. The van der Waals surface area contributed by atoms with E-state index in [2.05, 4.69) is 171 Å². The number of hydrogen-bond donors (Lipinski definition) is 0. The maximum atomic E-state index is 6.60. The number of hydrogen-bond acceptors (Lipinski definition) is 10.